The van der Waals surface area contributed by atoms with Crippen LogP contribution in [-0.4, -0.2) is 15.9 Å². The largest absolute Gasteiger partial charge is 0.340 e. The number of aryl methyl sites for hydroxylation is 1. The molecule has 0 bridgehead atoms. The zero-order valence-electron chi connectivity index (χ0n) is 16.6. The number of aromatic nitrogens is 2. The van der Waals surface area contributed by atoms with Crippen molar-refractivity contribution in [2.75, 3.05) is 10.6 Å². The molecule has 7 heteroatoms. The summed E-state index contributed by atoms with van der Waals surface area (Å²) in [7, 11) is 0. The Bertz CT molecular complexity index is 1250. The zero-order chi connectivity index (χ0) is 21.8. The van der Waals surface area contributed by atoms with Gasteiger partial charge in [0.25, 0.3) is 5.91 Å². The lowest BCUT2D eigenvalue weighted by molar-refractivity contribution is 0.102. The summed E-state index contributed by atoms with van der Waals surface area (Å²) >= 11 is 0. The van der Waals surface area contributed by atoms with Crippen molar-refractivity contribution in [3.05, 3.63) is 102 Å². The fraction of sp³-hybridized carbons (Fsp3) is 0.0417. The van der Waals surface area contributed by atoms with Gasteiger partial charge in [-0.2, -0.15) is 0 Å². The number of hydrogen-bond acceptors (Lipinski definition) is 4. The third kappa shape index (κ3) is 4.90. The van der Waals surface area contributed by atoms with Gasteiger partial charge in [-0.05, 0) is 37.3 Å². The zero-order valence-corrected chi connectivity index (χ0v) is 16.6. The van der Waals surface area contributed by atoms with Gasteiger partial charge in [-0.15, -0.1) is 0 Å². The number of rotatable bonds is 5. The van der Waals surface area contributed by atoms with E-state index in [0.29, 0.717) is 17.3 Å². The maximum atomic E-state index is 13.8. The highest BCUT2D eigenvalue weighted by Crippen LogP contribution is 2.23. The SMILES string of the molecule is Cc1nc(Nc2cccc(C(=O)Nc3cc(F)ccc3F)c2)cc(-c2ccccc2)n1. The van der Waals surface area contributed by atoms with Gasteiger partial charge < -0.3 is 10.6 Å². The molecule has 31 heavy (non-hydrogen) atoms. The van der Waals surface area contributed by atoms with Crippen molar-refractivity contribution in [3.8, 4) is 11.3 Å². The first-order chi connectivity index (χ1) is 15.0. The van der Waals surface area contributed by atoms with Crippen LogP contribution in [0.2, 0.25) is 0 Å². The predicted octanol–water partition coefficient (Wildman–Crippen LogP) is 5.73. The summed E-state index contributed by atoms with van der Waals surface area (Å²) in [5.74, 6) is -0.745. The van der Waals surface area contributed by atoms with Crippen LogP contribution in [0.25, 0.3) is 11.3 Å². The first kappa shape index (κ1) is 20.2. The lowest BCUT2D eigenvalue weighted by atomic mass is 10.1. The molecule has 5 nitrogen and oxygen atoms in total. The van der Waals surface area contributed by atoms with Gasteiger partial charge in [0, 0.05) is 28.9 Å². The van der Waals surface area contributed by atoms with Crippen LogP contribution < -0.4 is 10.6 Å². The van der Waals surface area contributed by atoms with Crippen molar-refractivity contribution in [2.45, 2.75) is 6.92 Å². The van der Waals surface area contributed by atoms with Gasteiger partial charge >= 0.3 is 0 Å². The summed E-state index contributed by atoms with van der Waals surface area (Å²) < 4.78 is 27.2. The van der Waals surface area contributed by atoms with Crippen molar-refractivity contribution in [3.63, 3.8) is 0 Å². The van der Waals surface area contributed by atoms with Gasteiger partial charge in [0.1, 0.15) is 23.3 Å². The van der Waals surface area contributed by atoms with Crippen molar-refractivity contribution in [1.29, 1.82) is 0 Å². The first-order valence-corrected chi connectivity index (χ1v) is 9.52. The molecule has 0 aliphatic rings. The molecule has 2 N–H and O–H groups in total. The molecular formula is C24H18F2N4O. The van der Waals surface area contributed by atoms with Gasteiger partial charge in [0.15, 0.2) is 0 Å². The van der Waals surface area contributed by atoms with Crippen LogP contribution in [0, 0.1) is 18.6 Å². The Hall–Kier alpha value is -4.13. The van der Waals surface area contributed by atoms with Crippen LogP contribution in [0.15, 0.2) is 78.9 Å². The Kier molecular flexibility index (Phi) is 5.66. The molecule has 1 heterocycles. The molecule has 0 saturated carbocycles. The number of benzene rings is 3. The number of halogens is 2. The third-order valence-electron chi connectivity index (χ3n) is 4.48. The van der Waals surface area contributed by atoms with Gasteiger partial charge in [0.05, 0.1) is 11.4 Å². The Balaban J connectivity index is 1.56. The highest BCUT2D eigenvalue weighted by Gasteiger charge is 2.12. The minimum absolute atomic E-state index is 0.220. The molecule has 0 aliphatic carbocycles. The standard InChI is InChI=1S/C24H18F2N4O/c1-15-27-21(16-6-3-2-4-7-16)14-23(28-15)29-19-9-5-8-17(12-19)24(31)30-22-13-18(25)10-11-20(22)26/h2-14H,1H3,(H,30,31)(H,27,28,29). The fourth-order valence-electron chi connectivity index (χ4n) is 3.06. The minimum atomic E-state index is -0.714. The lowest BCUT2D eigenvalue weighted by Gasteiger charge is -2.11. The average Bonchev–Trinajstić information content (AvgIpc) is 2.76. The van der Waals surface area contributed by atoms with E-state index in [0.717, 1.165) is 29.5 Å². The summed E-state index contributed by atoms with van der Waals surface area (Å²) in [6, 6.07) is 21.1. The van der Waals surface area contributed by atoms with Gasteiger partial charge in [-0.1, -0.05) is 36.4 Å². The maximum Gasteiger partial charge on any atom is 0.255 e. The monoisotopic (exact) mass is 416 g/mol. The predicted molar refractivity (Wildman–Crippen MR) is 116 cm³/mol. The second-order valence-electron chi connectivity index (χ2n) is 6.84. The Labute approximate surface area is 177 Å². The van der Waals surface area contributed by atoms with Crippen molar-refractivity contribution >= 4 is 23.1 Å². The van der Waals surface area contributed by atoms with Crippen molar-refractivity contribution in [1.82, 2.24) is 9.97 Å². The normalized spacial score (nSPS) is 10.5. The summed E-state index contributed by atoms with van der Waals surface area (Å²) in [6.45, 7) is 1.80. The molecule has 4 rings (SSSR count). The van der Waals surface area contributed by atoms with E-state index in [1.165, 1.54) is 0 Å². The second kappa shape index (κ2) is 8.71. The number of nitrogens with one attached hydrogen (secondary N) is 2. The van der Waals surface area contributed by atoms with E-state index < -0.39 is 17.5 Å². The minimum Gasteiger partial charge on any atom is -0.340 e. The molecule has 0 radical (unpaired) electrons. The van der Waals surface area contributed by atoms with E-state index >= 15 is 0 Å². The average molecular weight is 416 g/mol. The third-order valence-corrected chi connectivity index (χ3v) is 4.48. The molecule has 0 unspecified atom stereocenters. The van der Waals surface area contributed by atoms with Gasteiger partial charge in [0.2, 0.25) is 0 Å². The van der Waals surface area contributed by atoms with E-state index in [9.17, 15) is 13.6 Å². The number of nitrogens with zero attached hydrogens (tertiary/aromatic N) is 2. The maximum absolute atomic E-state index is 13.8. The lowest BCUT2D eigenvalue weighted by Crippen LogP contribution is -2.13. The summed E-state index contributed by atoms with van der Waals surface area (Å²) in [5, 5.41) is 5.56. The van der Waals surface area contributed by atoms with Gasteiger partial charge in [-0.3, -0.25) is 4.79 Å². The van der Waals surface area contributed by atoms with Crippen LogP contribution in [0.5, 0.6) is 0 Å². The second-order valence-corrected chi connectivity index (χ2v) is 6.84. The number of carbonyl (C=O) groups is 1. The molecule has 0 saturated heterocycles. The summed E-state index contributed by atoms with van der Waals surface area (Å²) in [4.78, 5) is 21.4. The smallest absolute Gasteiger partial charge is 0.255 e. The molecular weight excluding hydrogens is 398 g/mol. The van der Waals surface area contributed by atoms with E-state index in [1.807, 2.05) is 36.4 Å². The van der Waals surface area contributed by atoms with E-state index in [2.05, 4.69) is 20.6 Å². The highest BCUT2D eigenvalue weighted by molar-refractivity contribution is 6.05. The molecule has 0 spiro atoms. The van der Waals surface area contributed by atoms with Crippen LogP contribution in [0.3, 0.4) is 0 Å². The Morgan fingerprint density at radius 1 is 0.871 bits per heavy atom. The van der Waals surface area contributed by atoms with Crippen LogP contribution in [0.4, 0.5) is 26.0 Å². The number of anilines is 3. The van der Waals surface area contributed by atoms with Crippen molar-refractivity contribution < 1.29 is 13.6 Å². The summed E-state index contributed by atoms with van der Waals surface area (Å²) in [6.07, 6.45) is 0. The molecule has 154 valence electrons. The molecule has 1 amide bonds. The van der Waals surface area contributed by atoms with Crippen LogP contribution in [-0.2, 0) is 0 Å². The van der Waals surface area contributed by atoms with Gasteiger partial charge in [-0.25, -0.2) is 18.7 Å². The number of hydrogen-bond donors (Lipinski definition) is 2. The molecule has 0 fully saturated rings. The van der Waals surface area contributed by atoms with E-state index in [1.54, 1.807) is 31.2 Å². The summed E-state index contributed by atoms with van der Waals surface area (Å²) in [5.41, 5.74) is 2.40. The number of amides is 1. The van der Waals surface area contributed by atoms with E-state index in [4.69, 9.17) is 0 Å². The molecule has 1 aromatic heterocycles. The fourth-order valence-corrected chi connectivity index (χ4v) is 3.06. The topological polar surface area (TPSA) is 66.9 Å². The quantitative estimate of drug-likeness (QED) is 0.436. The van der Waals surface area contributed by atoms with Crippen molar-refractivity contribution in [2.24, 2.45) is 0 Å². The molecule has 0 aliphatic heterocycles. The van der Waals surface area contributed by atoms with E-state index in [-0.39, 0.29) is 11.3 Å². The van der Waals surface area contributed by atoms with Crippen LogP contribution in [0.1, 0.15) is 16.2 Å². The first-order valence-electron chi connectivity index (χ1n) is 9.52. The number of carbonyl (C=O) groups excluding carboxylic acids is 1. The molecule has 3 aromatic carbocycles. The highest BCUT2D eigenvalue weighted by atomic mass is 19.1. The van der Waals surface area contributed by atoms with Crippen LogP contribution >= 0.6 is 0 Å². The Morgan fingerprint density at radius 2 is 1.68 bits per heavy atom. The molecule has 4 aromatic rings. The Morgan fingerprint density at radius 3 is 2.48 bits per heavy atom. The molecule has 0 atom stereocenters.